The van der Waals surface area contributed by atoms with Crippen molar-refractivity contribution in [2.75, 3.05) is 5.06 Å². The molecule has 1 aromatic carbocycles. The van der Waals surface area contributed by atoms with Gasteiger partial charge in [-0.1, -0.05) is 17.7 Å². The Balaban J connectivity index is 2.16. The lowest BCUT2D eigenvalue weighted by Crippen LogP contribution is -2.10. The van der Waals surface area contributed by atoms with Gasteiger partial charge in [0.15, 0.2) is 5.78 Å². The molecule has 3 heteroatoms. The summed E-state index contributed by atoms with van der Waals surface area (Å²) in [4.78, 5) is 10.9. The molecule has 0 saturated heterocycles. The van der Waals surface area contributed by atoms with Crippen LogP contribution in [0.1, 0.15) is 5.56 Å². The maximum atomic E-state index is 10.9. The Morgan fingerprint density at radius 3 is 2.24 bits per heavy atom. The van der Waals surface area contributed by atoms with Crippen LogP contribution in [-0.4, -0.2) is 11.0 Å². The van der Waals surface area contributed by atoms with E-state index in [1.54, 1.807) is 18.4 Å². The van der Waals surface area contributed by atoms with Crippen LogP contribution < -0.4 is 5.06 Å². The van der Waals surface area contributed by atoms with Crippen LogP contribution in [-0.2, 0) is 4.79 Å². The molecule has 86 valence electrons. The third-order valence-electron chi connectivity index (χ3n) is 2.45. The fourth-order valence-electron chi connectivity index (χ4n) is 1.47. The van der Waals surface area contributed by atoms with Gasteiger partial charge in [-0.2, -0.15) is 0 Å². The van der Waals surface area contributed by atoms with E-state index >= 15 is 0 Å². The summed E-state index contributed by atoms with van der Waals surface area (Å²) in [6.07, 6.45) is 7.83. The number of ketones is 1. The van der Waals surface area contributed by atoms with E-state index in [1.165, 1.54) is 12.2 Å². The Labute approximate surface area is 99.9 Å². The average Bonchev–Trinajstić information content (AvgIpc) is 2.33. The molecule has 0 amide bonds. The zero-order valence-corrected chi connectivity index (χ0v) is 9.50. The number of nitrogens with zero attached hydrogens (tertiary/aromatic N) is 1. The first-order chi connectivity index (χ1) is 8.15. The van der Waals surface area contributed by atoms with Gasteiger partial charge in [-0.05, 0) is 48.9 Å². The van der Waals surface area contributed by atoms with Crippen LogP contribution in [0.4, 0.5) is 5.69 Å². The van der Waals surface area contributed by atoms with Gasteiger partial charge in [0.2, 0.25) is 0 Å². The number of hydrogen-bond donors (Lipinski definition) is 1. The molecule has 17 heavy (non-hydrogen) atoms. The maximum absolute atomic E-state index is 10.9. The highest BCUT2D eigenvalue weighted by Crippen LogP contribution is 2.16. The first kappa shape index (κ1) is 11.4. The molecule has 0 unspecified atom stereocenters. The van der Waals surface area contributed by atoms with E-state index < -0.39 is 0 Å². The smallest absolute Gasteiger partial charge is 0.178 e. The van der Waals surface area contributed by atoms with Gasteiger partial charge in [-0.15, -0.1) is 0 Å². The Kier molecular flexibility index (Phi) is 3.21. The summed E-state index contributed by atoms with van der Waals surface area (Å²) in [5.41, 5.74) is 2.59. The van der Waals surface area contributed by atoms with Crippen molar-refractivity contribution < 1.29 is 10.0 Å². The van der Waals surface area contributed by atoms with E-state index in [9.17, 15) is 10.0 Å². The van der Waals surface area contributed by atoms with Crippen molar-refractivity contribution in [2.45, 2.75) is 6.92 Å². The second kappa shape index (κ2) is 4.80. The fraction of sp³-hybridized carbons (Fsp3) is 0.0714. The summed E-state index contributed by atoms with van der Waals surface area (Å²) in [5, 5.41) is 10.9. The van der Waals surface area contributed by atoms with Crippen LogP contribution in [0.5, 0.6) is 0 Å². The van der Waals surface area contributed by atoms with Gasteiger partial charge < -0.3 is 0 Å². The van der Waals surface area contributed by atoms with Crippen molar-refractivity contribution >= 4 is 11.5 Å². The molecule has 0 spiro atoms. The SMILES string of the molecule is Cc1ccc(N(O)C=C2C=CC(=O)C=C2)cc1. The average molecular weight is 227 g/mol. The van der Waals surface area contributed by atoms with Gasteiger partial charge in [0, 0.05) is 6.20 Å². The van der Waals surface area contributed by atoms with E-state index in [4.69, 9.17) is 0 Å². The number of carbonyl (C=O) groups excluding carboxylic acids is 1. The summed E-state index contributed by atoms with van der Waals surface area (Å²) in [7, 11) is 0. The summed E-state index contributed by atoms with van der Waals surface area (Å²) in [5.74, 6) is -0.0398. The number of anilines is 1. The van der Waals surface area contributed by atoms with E-state index in [0.29, 0.717) is 5.69 Å². The number of hydroxylamine groups is 1. The second-order valence-corrected chi connectivity index (χ2v) is 3.88. The Morgan fingerprint density at radius 2 is 1.65 bits per heavy atom. The Hall–Kier alpha value is -2.13. The van der Waals surface area contributed by atoms with Crippen LogP contribution >= 0.6 is 0 Å². The van der Waals surface area contributed by atoms with Crippen molar-refractivity contribution in [3.05, 3.63) is 65.9 Å². The lowest BCUT2D eigenvalue weighted by Gasteiger charge is -2.13. The van der Waals surface area contributed by atoms with E-state index in [1.807, 2.05) is 31.2 Å². The quantitative estimate of drug-likeness (QED) is 0.790. The number of rotatable bonds is 2. The highest BCUT2D eigenvalue weighted by Gasteiger charge is 2.02. The first-order valence-corrected chi connectivity index (χ1v) is 5.32. The molecule has 1 aliphatic rings. The lowest BCUT2D eigenvalue weighted by molar-refractivity contribution is -0.110. The Bertz CT molecular complexity index is 492. The minimum Gasteiger partial charge on any atom is -0.290 e. The minimum atomic E-state index is -0.0398. The molecule has 0 bridgehead atoms. The molecular weight excluding hydrogens is 214 g/mol. The van der Waals surface area contributed by atoms with E-state index in [2.05, 4.69) is 0 Å². The molecule has 1 N–H and O–H groups in total. The molecule has 3 nitrogen and oxygen atoms in total. The van der Waals surface area contributed by atoms with Gasteiger partial charge in [0.25, 0.3) is 0 Å². The van der Waals surface area contributed by atoms with Crippen LogP contribution in [0.25, 0.3) is 0 Å². The zero-order chi connectivity index (χ0) is 12.3. The van der Waals surface area contributed by atoms with Crippen LogP contribution in [0.2, 0.25) is 0 Å². The molecule has 1 aliphatic carbocycles. The monoisotopic (exact) mass is 227 g/mol. The lowest BCUT2D eigenvalue weighted by atomic mass is 10.1. The van der Waals surface area contributed by atoms with Crippen LogP contribution in [0.3, 0.4) is 0 Å². The van der Waals surface area contributed by atoms with Crippen molar-refractivity contribution in [3.63, 3.8) is 0 Å². The first-order valence-electron chi connectivity index (χ1n) is 5.32. The van der Waals surface area contributed by atoms with Crippen LogP contribution in [0, 0.1) is 6.92 Å². The van der Waals surface area contributed by atoms with Gasteiger partial charge in [-0.25, -0.2) is 5.06 Å². The zero-order valence-electron chi connectivity index (χ0n) is 9.50. The Morgan fingerprint density at radius 1 is 1.06 bits per heavy atom. The maximum Gasteiger partial charge on any atom is 0.178 e. The molecule has 1 aromatic rings. The van der Waals surface area contributed by atoms with Crippen molar-refractivity contribution in [1.29, 1.82) is 0 Å². The van der Waals surface area contributed by atoms with Gasteiger partial charge in [0.05, 0.1) is 5.69 Å². The summed E-state index contributed by atoms with van der Waals surface area (Å²) in [6, 6.07) is 7.50. The minimum absolute atomic E-state index is 0.0398. The summed E-state index contributed by atoms with van der Waals surface area (Å²) >= 11 is 0. The predicted octanol–water partition coefficient (Wildman–Crippen LogP) is 2.77. The highest BCUT2D eigenvalue weighted by atomic mass is 16.5. The summed E-state index contributed by atoms with van der Waals surface area (Å²) < 4.78 is 0. The number of hydrogen-bond acceptors (Lipinski definition) is 3. The van der Waals surface area contributed by atoms with Crippen LogP contribution in [0.15, 0.2) is 60.3 Å². The number of benzene rings is 1. The number of carbonyl (C=O) groups is 1. The van der Waals surface area contributed by atoms with E-state index in [-0.39, 0.29) is 5.78 Å². The van der Waals surface area contributed by atoms with Gasteiger partial charge in [0.1, 0.15) is 0 Å². The largest absolute Gasteiger partial charge is 0.290 e. The molecule has 0 atom stereocenters. The fourth-order valence-corrected chi connectivity index (χ4v) is 1.47. The molecule has 0 aromatic heterocycles. The number of aryl methyl sites for hydroxylation is 1. The summed E-state index contributed by atoms with van der Waals surface area (Å²) in [6.45, 7) is 1.99. The van der Waals surface area contributed by atoms with Crippen molar-refractivity contribution in [3.8, 4) is 0 Å². The van der Waals surface area contributed by atoms with Crippen molar-refractivity contribution in [2.24, 2.45) is 0 Å². The molecule has 2 rings (SSSR count). The van der Waals surface area contributed by atoms with Crippen molar-refractivity contribution in [1.82, 2.24) is 0 Å². The molecule has 0 aliphatic heterocycles. The number of allylic oxidation sites excluding steroid dienone is 5. The second-order valence-electron chi connectivity index (χ2n) is 3.88. The van der Waals surface area contributed by atoms with Gasteiger partial charge >= 0.3 is 0 Å². The third kappa shape index (κ3) is 2.92. The molecule has 0 fully saturated rings. The standard InChI is InChI=1S/C14H13NO2/c1-11-2-6-13(7-3-11)15(17)10-12-4-8-14(16)9-5-12/h2-10,17H,1H3. The molecular formula is C14H13NO2. The highest BCUT2D eigenvalue weighted by molar-refractivity contribution is 6.01. The molecule has 0 saturated carbocycles. The topological polar surface area (TPSA) is 40.5 Å². The molecule has 0 radical (unpaired) electrons. The normalized spacial score (nSPS) is 14.0. The molecule has 0 heterocycles. The third-order valence-corrected chi connectivity index (χ3v) is 2.45. The van der Waals surface area contributed by atoms with E-state index in [0.717, 1.165) is 16.2 Å². The predicted molar refractivity (Wildman–Crippen MR) is 66.8 cm³/mol. The van der Waals surface area contributed by atoms with Gasteiger partial charge in [-0.3, -0.25) is 10.0 Å².